The van der Waals surface area contributed by atoms with Gasteiger partial charge in [0.2, 0.25) is 0 Å². The van der Waals surface area contributed by atoms with Gasteiger partial charge in [-0.3, -0.25) is 4.79 Å². The second kappa shape index (κ2) is 9.78. The number of carbonyl (C=O) groups excluding carboxylic acids is 1. The van der Waals surface area contributed by atoms with Gasteiger partial charge in [0, 0.05) is 11.6 Å². The zero-order valence-corrected chi connectivity index (χ0v) is 14.3. The smallest absolute Gasteiger partial charge is 0.159 e. The molecule has 19 heavy (non-hydrogen) atoms. The summed E-state index contributed by atoms with van der Waals surface area (Å²) in [5.41, 5.74) is -0.00504. The van der Waals surface area contributed by atoms with Gasteiger partial charge in [0.25, 0.3) is 0 Å². The van der Waals surface area contributed by atoms with Crippen molar-refractivity contribution in [3.05, 3.63) is 0 Å². The number of unbranched alkanes of at least 4 members (excludes halogenated alkanes) is 1. The van der Waals surface area contributed by atoms with Gasteiger partial charge in [-0.05, 0) is 46.4 Å². The number of ketones is 1. The first kappa shape index (κ1) is 18.9. The van der Waals surface area contributed by atoms with Crippen LogP contribution in [-0.2, 0) is 4.79 Å². The van der Waals surface area contributed by atoms with E-state index in [2.05, 4.69) is 45.3 Å². The summed E-state index contributed by atoms with van der Waals surface area (Å²) in [6.45, 7) is 11.7. The first-order valence-corrected chi connectivity index (χ1v) is 8.68. The Labute approximate surface area is 123 Å². The summed E-state index contributed by atoms with van der Waals surface area (Å²) in [4.78, 5) is 12.1. The molecule has 0 aromatic heterocycles. The topological polar surface area (TPSA) is 41.1 Å². The van der Waals surface area contributed by atoms with Gasteiger partial charge < -0.3 is 10.6 Å². The summed E-state index contributed by atoms with van der Waals surface area (Å²) in [6.07, 6.45) is 5.15. The lowest BCUT2D eigenvalue weighted by Crippen LogP contribution is -2.48. The van der Waals surface area contributed by atoms with Gasteiger partial charge in [-0.15, -0.1) is 0 Å². The van der Waals surface area contributed by atoms with Crippen LogP contribution in [0.5, 0.6) is 0 Å². The zero-order chi connectivity index (χ0) is 14.9. The lowest BCUT2D eigenvalue weighted by atomic mass is 10.0. The van der Waals surface area contributed by atoms with Crippen LogP contribution in [0.4, 0.5) is 0 Å². The van der Waals surface area contributed by atoms with E-state index < -0.39 is 0 Å². The minimum Gasteiger partial charge on any atom is -0.315 e. The minimum atomic E-state index is -0.00504. The molecule has 114 valence electrons. The molecule has 0 rings (SSSR count). The molecule has 0 fully saturated rings. The second-order valence-corrected chi connectivity index (χ2v) is 7.32. The van der Waals surface area contributed by atoms with Gasteiger partial charge >= 0.3 is 0 Å². The highest BCUT2D eigenvalue weighted by Crippen LogP contribution is 2.10. The van der Waals surface area contributed by atoms with E-state index >= 15 is 0 Å². The molecule has 0 saturated heterocycles. The summed E-state index contributed by atoms with van der Waals surface area (Å²) in [5, 5.41) is 6.87. The van der Waals surface area contributed by atoms with Crippen molar-refractivity contribution in [2.24, 2.45) is 0 Å². The van der Waals surface area contributed by atoms with Crippen LogP contribution in [0.2, 0.25) is 0 Å². The molecule has 0 spiro atoms. The molecule has 0 saturated carbocycles. The SMILES string of the molecule is CSCC(=O)C(CCCCNC(C)C)NC(C)(C)C. The Morgan fingerprint density at radius 2 is 1.84 bits per heavy atom. The van der Waals surface area contributed by atoms with Crippen LogP contribution in [0.15, 0.2) is 0 Å². The summed E-state index contributed by atoms with van der Waals surface area (Å²) in [5.74, 6) is 0.942. The summed E-state index contributed by atoms with van der Waals surface area (Å²) >= 11 is 1.61. The first-order chi connectivity index (χ1) is 8.76. The fourth-order valence-electron chi connectivity index (χ4n) is 1.94. The second-order valence-electron chi connectivity index (χ2n) is 6.45. The van der Waals surface area contributed by atoms with Crippen LogP contribution in [0, 0.1) is 0 Å². The van der Waals surface area contributed by atoms with Gasteiger partial charge in [0.1, 0.15) is 0 Å². The largest absolute Gasteiger partial charge is 0.315 e. The quantitative estimate of drug-likeness (QED) is 0.607. The van der Waals surface area contributed by atoms with E-state index in [9.17, 15) is 4.79 Å². The molecule has 0 aromatic carbocycles. The predicted molar refractivity (Wildman–Crippen MR) is 87.1 cm³/mol. The van der Waals surface area contributed by atoms with E-state index in [1.165, 1.54) is 0 Å². The Bertz CT molecular complexity index is 249. The molecule has 2 N–H and O–H groups in total. The maximum absolute atomic E-state index is 12.1. The van der Waals surface area contributed by atoms with Gasteiger partial charge in [-0.2, -0.15) is 11.8 Å². The Morgan fingerprint density at radius 1 is 1.21 bits per heavy atom. The molecule has 3 nitrogen and oxygen atoms in total. The molecule has 4 heteroatoms. The molecular formula is C15H32N2OS. The van der Waals surface area contributed by atoms with Crippen molar-refractivity contribution in [1.82, 2.24) is 10.6 Å². The van der Waals surface area contributed by atoms with Crippen molar-refractivity contribution in [3.8, 4) is 0 Å². The Hall–Kier alpha value is -0.0600. The van der Waals surface area contributed by atoms with Gasteiger partial charge in [0.05, 0.1) is 11.8 Å². The van der Waals surface area contributed by atoms with Crippen LogP contribution in [0.1, 0.15) is 53.9 Å². The maximum Gasteiger partial charge on any atom is 0.159 e. The van der Waals surface area contributed by atoms with E-state index in [0.717, 1.165) is 25.8 Å². The van der Waals surface area contributed by atoms with Gasteiger partial charge in [0.15, 0.2) is 5.78 Å². The van der Waals surface area contributed by atoms with E-state index in [1.54, 1.807) is 11.8 Å². The number of hydrogen-bond donors (Lipinski definition) is 2. The highest BCUT2D eigenvalue weighted by atomic mass is 32.2. The monoisotopic (exact) mass is 288 g/mol. The van der Waals surface area contributed by atoms with Gasteiger partial charge in [-0.25, -0.2) is 0 Å². The van der Waals surface area contributed by atoms with E-state index in [-0.39, 0.29) is 11.6 Å². The van der Waals surface area contributed by atoms with E-state index in [0.29, 0.717) is 17.6 Å². The van der Waals surface area contributed by atoms with Crippen molar-refractivity contribution in [1.29, 1.82) is 0 Å². The summed E-state index contributed by atoms with van der Waals surface area (Å²) < 4.78 is 0. The molecule has 0 amide bonds. The van der Waals surface area contributed by atoms with Crippen LogP contribution < -0.4 is 10.6 Å². The van der Waals surface area contributed by atoms with Crippen LogP contribution >= 0.6 is 11.8 Å². The van der Waals surface area contributed by atoms with Crippen molar-refractivity contribution >= 4 is 17.5 Å². The standard InChI is InChI=1S/C15H32N2OS/c1-12(2)16-10-8-7-9-13(14(18)11-19-6)17-15(3,4)5/h12-13,16-17H,7-11H2,1-6H3. The lowest BCUT2D eigenvalue weighted by Gasteiger charge is -2.27. The minimum absolute atomic E-state index is 0.00504. The third kappa shape index (κ3) is 11.5. The molecular weight excluding hydrogens is 256 g/mol. The normalized spacial score (nSPS) is 13.8. The number of Topliss-reactive ketones (excluding diaryl/α,β-unsaturated/α-hetero) is 1. The van der Waals surface area contributed by atoms with Crippen molar-refractivity contribution in [2.75, 3.05) is 18.6 Å². The molecule has 0 heterocycles. The van der Waals surface area contributed by atoms with Crippen molar-refractivity contribution < 1.29 is 4.79 Å². The number of rotatable bonds is 10. The Balaban J connectivity index is 4.09. The fourth-order valence-corrected chi connectivity index (χ4v) is 2.43. The third-order valence-electron chi connectivity index (χ3n) is 2.75. The predicted octanol–water partition coefficient (Wildman–Crippen LogP) is 2.84. The molecule has 1 atom stereocenters. The summed E-state index contributed by atoms with van der Waals surface area (Å²) in [7, 11) is 0. The van der Waals surface area contributed by atoms with E-state index in [4.69, 9.17) is 0 Å². The van der Waals surface area contributed by atoms with E-state index in [1.807, 2.05) is 6.26 Å². The van der Waals surface area contributed by atoms with Crippen LogP contribution in [0.25, 0.3) is 0 Å². The first-order valence-electron chi connectivity index (χ1n) is 7.29. The average Bonchev–Trinajstić information content (AvgIpc) is 2.25. The third-order valence-corrected chi connectivity index (χ3v) is 3.33. The van der Waals surface area contributed by atoms with Gasteiger partial charge in [-0.1, -0.05) is 20.3 Å². The molecule has 1 unspecified atom stereocenters. The number of hydrogen-bond acceptors (Lipinski definition) is 4. The fraction of sp³-hybridized carbons (Fsp3) is 0.933. The highest BCUT2D eigenvalue weighted by molar-refractivity contribution is 7.99. The van der Waals surface area contributed by atoms with Crippen LogP contribution in [0.3, 0.4) is 0 Å². The van der Waals surface area contributed by atoms with Crippen LogP contribution in [-0.4, -0.2) is 42.0 Å². The zero-order valence-electron chi connectivity index (χ0n) is 13.5. The Kier molecular flexibility index (Phi) is 9.75. The lowest BCUT2D eigenvalue weighted by molar-refractivity contribution is -0.119. The molecule has 0 radical (unpaired) electrons. The molecule has 0 aromatic rings. The van der Waals surface area contributed by atoms with Crippen molar-refractivity contribution in [2.45, 2.75) is 71.5 Å². The molecule has 0 aliphatic rings. The maximum atomic E-state index is 12.1. The average molecular weight is 289 g/mol. The number of carbonyl (C=O) groups is 1. The highest BCUT2D eigenvalue weighted by Gasteiger charge is 2.22. The number of thioether (sulfide) groups is 1. The summed E-state index contributed by atoms with van der Waals surface area (Å²) in [6, 6.07) is 0.549. The Morgan fingerprint density at radius 3 is 2.32 bits per heavy atom. The molecule has 0 aliphatic carbocycles. The molecule has 0 bridgehead atoms. The number of nitrogens with one attached hydrogen (secondary N) is 2. The molecule has 0 aliphatic heterocycles. The van der Waals surface area contributed by atoms with Crippen molar-refractivity contribution in [3.63, 3.8) is 0 Å².